The fourth-order valence-electron chi connectivity index (χ4n) is 3.93. The Morgan fingerprint density at radius 1 is 1.30 bits per heavy atom. The van der Waals surface area contributed by atoms with Crippen LogP contribution in [0.25, 0.3) is 0 Å². The predicted octanol–water partition coefficient (Wildman–Crippen LogP) is 4.65. The van der Waals surface area contributed by atoms with E-state index in [1.807, 2.05) is 13.1 Å². The maximum Gasteiger partial charge on any atom is 0.123 e. The van der Waals surface area contributed by atoms with Crippen LogP contribution >= 0.6 is 0 Å². The van der Waals surface area contributed by atoms with Crippen molar-refractivity contribution in [3.63, 3.8) is 0 Å². The maximum absolute atomic E-state index is 13.3. The van der Waals surface area contributed by atoms with Gasteiger partial charge in [-0.1, -0.05) is 32.3 Å². The number of aryl methyl sites for hydroxylation is 1. The molecule has 20 heavy (non-hydrogen) atoms. The molecule has 0 spiro atoms. The third-order valence-electron chi connectivity index (χ3n) is 4.90. The van der Waals surface area contributed by atoms with Crippen molar-refractivity contribution in [1.82, 2.24) is 5.32 Å². The SMILES string of the molecule is CCCC1CCC(CNC)C(c2ccc(F)cc2C)C1. The summed E-state index contributed by atoms with van der Waals surface area (Å²) in [6.45, 7) is 5.40. The molecule has 1 saturated carbocycles. The zero-order valence-corrected chi connectivity index (χ0v) is 13.1. The topological polar surface area (TPSA) is 12.0 Å². The molecule has 0 amide bonds. The average molecular weight is 277 g/mol. The molecule has 1 fully saturated rings. The van der Waals surface area contributed by atoms with Crippen molar-refractivity contribution in [2.24, 2.45) is 11.8 Å². The van der Waals surface area contributed by atoms with Crippen molar-refractivity contribution in [3.05, 3.63) is 35.1 Å². The molecule has 2 heteroatoms. The second-order valence-electron chi connectivity index (χ2n) is 6.39. The van der Waals surface area contributed by atoms with Crippen LogP contribution in [0.4, 0.5) is 4.39 Å². The third-order valence-corrected chi connectivity index (χ3v) is 4.90. The zero-order chi connectivity index (χ0) is 14.5. The van der Waals surface area contributed by atoms with E-state index in [0.717, 1.165) is 18.0 Å². The molecule has 1 aromatic carbocycles. The van der Waals surface area contributed by atoms with Gasteiger partial charge in [0, 0.05) is 0 Å². The summed E-state index contributed by atoms with van der Waals surface area (Å²) in [7, 11) is 2.03. The molecule has 3 atom stereocenters. The molecule has 0 heterocycles. The summed E-state index contributed by atoms with van der Waals surface area (Å²) in [5.74, 6) is 2.02. The Kier molecular flexibility index (Phi) is 5.59. The van der Waals surface area contributed by atoms with Crippen LogP contribution in [0.15, 0.2) is 18.2 Å². The van der Waals surface area contributed by atoms with Crippen LogP contribution < -0.4 is 5.32 Å². The molecule has 2 rings (SSSR count). The lowest BCUT2D eigenvalue weighted by molar-refractivity contribution is 0.222. The smallest absolute Gasteiger partial charge is 0.123 e. The molecular weight excluding hydrogens is 249 g/mol. The quantitative estimate of drug-likeness (QED) is 0.826. The van der Waals surface area contributed by atoms with Crippen LogP contribution in [0, 0.1) is 24.6 Å². The Morgan fingerprint density at radius 2 is 2.10 bits per heavy atom. The number of hydrogen-bond acceptors (Lipinski definition) is 1. The Balaban J connectivity index is 2.21. The monoisotopic (exact) mass is 277 g/mol. The van der Waals surface area contributed by atoms with Crippen LogP contribution in [0.5, 0.6) is 0 Å². The minimum Gasteiger partial charge on any atom is -0.319 e. The van der Waals surface area contributed by atoms with Crippen molar-refractivity contribution in [2.45, 2.75) is 51.9 Å². The van der Waals surface area contributed by atoms with E-state index in [1.54, 1.807) is 12.1 Å². The minimum absolute atomic E-state index is 0.114. The van der Waals surface area contributed by atoms with E-state index in [-0.39, 0.29) is 5.82 Å². The highest BCUT2D eigenvalue weighted by molar-refractivity contribution is 5.31. The van der Waals surface area contributed by atoms with E-state index < -0.39 is 0 Å². The molecule has 1 N–H and O–H groups in total. The molecule has 1 nitrogen and oxygen atoms in total. The highest BCUT2D eigenvalue weighted by Crippen LogP contribution is 2.42. The number of halogens is 1. The van der Waals surface area contributed by atoms with Crippen LogP contribution in [0.2, 0.25) is 0 Å². The summed E-state index contributed by atoms with van der Waals surface area (Å²) in [5.41, 5.74) is 2.49. The van der Waals surface area contributed by atoms with Crippen molar-refractivity contribution >= 4 is 0 Å². The number of benzene rings is 1. The van der Waals surface area contributed by atoms with Gasteiger partial charge in [-0.05, 0) is 74.4 Å². The van der Waals surface area contributed by atoms with Gasteiger partial charge in [0.15, 0.2) is 0 Å². The third kappa shape index (κ3) is 3.60. The molecule has 0 aromatic heterocycles. The summed E-state index contributed by atoms with van der Waals surface area (Å²) in [4.78, 5) is 0. The largest absolute Gasteiger partial charge is 0.319 e. The van der Waals surface area contributed by atoms with Crippen molar-refractivity contribution in [1.29, 1.82) is 0 Å². The summed E-state index contributed by atoms with van der Waals surface area (Å²) < 4.78 is 13.3. The lowest BCUT2D eigenvalue weighted by Crippen LogP contribution is -2.31. The van der Waals surface area contributed by atoms with Gasteiger partial charge in [0.1, 0.15) is 5.82 Å². The molecule has 3 unspecified atom stereocenters. The standard InChI is InChI=1S/C18H28FN/c1-4-5-14-6-7-15(12-20-3)18(11-14)17-9-8-16(19)10-13(17)2/h8-10,14-15,18,20H,4-7,11-12H2,1-3H3. The van der Waals surface area contributed by atoms with Gasteiger partial charge in [-0.3, -0.25) is 0 Å². The van der Waals surface area contributed by atoms with Gasteiger partial charge in [0.05, 0.1) is 0 Å². The highest BCUT2D eigenvalue weighted by atomic mass is 19.1. The first-order valence-corrected chi connectivity index (χ1v) is 8.06. The fourth-order valence-corrected chi connectivity index (χ4v) is 3.93. The Hall–Kier alpha value is -0.890. The van der Waals surface area contributed by atoms with E-state index in [0.29, 0.717) is 11.8 Å². The van der Waals surface area contributed by atoms with Crippen LogP contribution in [-0.2, 0) is 0 Å². The molecule has 112 valence electrons. The van der Waals surface area contributed by atoms with E-state index in [1.165, 1.54) is 37.7 Å². The van der Waals surface area contributed by atoms with E-state index >= 15 is 0 Å². The molecule has 1 aromatic rings. The van der Waals surface area contributed by atoms with Gasteiger partial charge in [-0.2, -0.15) is 0 Å². The van der Waals surface area contributed by atoms with E-state index in [9.17, 15) is 4.39 Å². The fraction of sp³-hybridized carbons (Fsp3) is 0.667. The molecule has 0 aliphatic heterocycles. The first-order valence-electron chi connectivity index (χ1n) is 8.06. The average Bonchev–Trinajstić information content (AvgIpc) is 2.41. The van der Waals surface area contributed by atoms with Gasteiger partial charge in [0.2, 0.25) is 0 Å². The molecule has 0 saturated heterocycles. The van der Waals surface area contributed by atoms with E-state index in [4.69, 9.17) is 0 Å². The molecule has 1 aliphatic rings. The number of rotatable bonds is 5. The Bertz CT molecular complexity index is 429. The second-order valence-corrected chi connectivity index (χ2v) is 6.39. The minimum atomic E-state index is -0.114. The molecule has 1 aliphatic carbocycles. The maximum atomic E-state index is 13.3. The Labute approximate surface area is 123 Å². The van der Waals surface area contributed by atoms with Crippen molar-refractivity contribution in [3.8, 4) is 0 Å². The van der Waals surface area contributed by atoms with Crippen LogP contribution in [0.3, 0.4) is 0 Å². The number of hydrogen-bond donors (Lipinski definition) is 1. The normalized spacial score (nSPS) is 26.7. The summed E-state index contributed by atoms with van der Waals surface area (Å²) in [5, 5.41) is 3.34. The second kappa shape index (κ2) is 7.21. The summed E-state index contributed by atoms with van der Waals surface area (Å²) in [6.07, 6.45) is 6.54. The lowest BCUT2D eigenvalue weighted by Gasteiger charge is -2.37. The van der Waals surface area contributed by atoms with E-state index in [2.05, 4.69) is 19.2 Å². The van der Waals surface area contributed by atoms with Crippen molar-refractivity contribution < 1.29 is 4.39 Å². The van der Waals surface area contributed by atoms with Gasteiger partial charge >= 0.3 is 0 Å². The summed E-state index contributed by atoms with van der Waals surface area (Å²) >= 11 is 0. The summed E-state index contributed by atoms with van der Waals surface area (Å²) in [6, 6.07) is 5.34. The predicted molar refractivity (Wildman–Crippen MR) is 83.5 cm³/mol. The van der Waals surface area contributed by atoms with Gasteiger partial charge in [-0.15, -0.1) is 0 Å². The van der Waals surface area contributed by atoms with Gasteiger partial charge in [-0.25, -0.2) is 4.39 Å². The molecule has 0 bridgehead atoms. The Morgan fingerprint density at radius 3 is 2.75 bits per heavy atom. The molecule has 0 radical (unpaired) electrons. The van der Waals surface area contributed by atoms with Crippen LogP contribution in [0.1, 0.15) is 56.1 Å². The molecular formula is C18H28FN. The zero-order valence-electron chi connectivity index (χ0n) is 13.1. The van der Waals surface area contributed by atoms with Crippen LogP contribution in [-0.4, -0.2) is 13.6 Å². The highest BCUT2D eigenvalue weighted by Gasteiger charge is 2.31. The van der Waals surface area contributed by atoms with Crippen molar-refractivity contribution in [2.75, 3.05) is 13.6 Å². The first kappa shape index (κ1) is 15.5. The lowest BCUT2D eigenvalue weighted by atomic mass is 9.69. The first-order chi connectivity index (χ1) is 9.65. The van der Waals surface area contributed by atoms with Gasteiger partial charge in [0.25, 0.3) is 0 Å². The number of nitrogens with one attached hydrogen (secondary N) is 1. The van der Waals surface area contributed by atoms with Gasteiger partial charge < -0.3 is 5.32 Å².